The number of carbonyl (C=O) groups excluding carboxylic acids is 1. The Balaban J connectivity index is 2.16. The van der Waals surface area contributed by atoms with Gasteiger partial charge in [-0.25, -0.2) is 4.99 Å². The first kappa shape index (κ1) is 13.4. The van der Waals surface area contributed by atoms with Crippen molar-refractivity contribution >= 4 is 40.6 Å². The summed E-state index contributed by atoms with van der Waals surface area (Å²) in [4.78, 5) is 18.1. The lowest BCUT2D eigenvalue weighted by atomic mass is 9.95. The minimum absolute atomic E-state index is 0.0661. The Labute approximate surface area is 116 Å². The largest absolute Gasteiger partial charge is 0.385 e. The number of ether oxygens (including phenoxy) is 1. The van der Waals surface area contributed by atoms with Crippen LogP contribution >= 0.6 is 23.8 Å². The smallest absolute Gasteiger partial charge is 0.241 e. The number of hydrogen-bond acceptors (Lipinski definition) is 3. The molecule has 1 heterocycles. The lowest BCUT2D eigenvalue weighted by molar-refractivity contribution is -0.128. The number of allylic oxidation sites excluding steroid dienone is 3. The summed E-state index contributed by atoms with van der Waals surface area (Å²) in [5.74, 6) is -0.472. The number of nitrogens with zero attached hydrogens (tertiary/aromatic N) is 2. The van der Waals surface area contributed by atoms with Crippen molar-refractivity contribution in [2.24, 2.45) is 10.9 Å². The van der Waals surface area contributed by atoms with Gasteiger partial charge in [-0.15, -0.1) is 0 Å². The Bertz CT molecular complexity index is 471. The lowest BCUT2D eigenvalue weighted by Gasteiger charge is -2.30. The monoisotopic (exact) mass is 284 g/mol. The molecule has 18 heavy (non-hydrogen) atoms. The second-order valence-corrected chi connectivity index (χ2v) is 4.82. The standard InChI is InChI=1S/C12H13ClN2O2S/c1-17-6-2-5-15-11(16)9-7-8(13)3-4-10(9)14-12(15)18/h3-4,7,9H,2,5-6H2,1H3. The maximum absolute atomic E-state index is 12.3. The summed E-state index contributed by atoms with van der Waals surface area (Å²) in [7, 11) is 1.63. The molecule has 1 aliphatic heterocycles. The van der Waals surface area contributed by atoms with Crippen LogP contribution in [0, 0.1) is 5.92 Å². The average Bonchev–Trinajstić information content (AvgIpc) is 2.35. The summed E-state index contributed by atoms with van der Waals surface area (Å²) in [6, 6.07) is 0. The molecule has 1 aliphatic carbocycles. The van der Waals surface area contributed by atoms with E-state index in [0.29, 0.717) is 29.0 Å². The third kappa shape index (κ3) is 2.68. The van der Waals surface area contributed by atoms with Gasteiger partial charge >= 0.3 is 0 Å². The van der Waals surface area contributed by atoms with Gasteiger partial charge in [-0.1, -0.05) is 11.6 Å². The number of carbonyl (C=O) groups is 1. The summed E-state index contributed by atoms with van der Waals surface area (Å²) in [6.45, 7) is 1.11. The molecule has 6 heteroatoms. The molecule has 2 rings (SSSR count). The fourth-order valence-corrected chi connectivity index (χ4v) is 2.35. The zero-order valence-corrected chi connectivity index (χ0v) is 11.5. The molecule has 2 aliphatic rings. The number of aliphatic imine (C=N–C) groups is 1. The summed E-state index contributed by atoms with van der Waals surface area (Å²) < 4.78 is 4.97. The molecule has 0 saturated carbocycles. The molecule has 0 spiro atoms. The van der Waals surface area contributed by atoms with Gasteiger partial charge in [0, 0.05) is 25.3 Å². The minimum Gasteiger partial charge on any atom is -0.385 e. The first-order chi connectivity index (χ1) is 8.63. The predicted octanol–water partition coefficient (Wildman–Crippen LogP) is 1.90. The van der Waals surface area contributed by atoms with Crippen LogP contribution in [0.4, 0.5) is 0 Å². The van der Waals surface area contributed by atoms with Crippen LogP contribution < -0.4 is 0 Å². The minimum atomic E-state index is -0.406. The molecule has 0 bridgehead atoms. The van der Waals surface area contributed by atoms with Crippen molar-refractivity contribution in [1.82, 2.24) is 4.90 Å². The fourth-order valence-electron chi connectivity index (χ4n) is 1.88. The van der Waals surface area contributed by atoms with Crippen LogP contribution in [0.15, 0.2) is 28.3 Å². The van der Waals surface area contributed by atoms with Gasteiger partial charge in [0.1, 0.15) is 5.92 Å². The zero-order valence-electron chi connectivity index (χ0n) is 9.93. The van der Waals surface area contributed by atoms with Crippen LogP contribution in [0.5, 0.6) is 0 Å². The molecule has 1 unspecified atom stereocenters. The van der Waals surface area contributed by atoms with E-state index in [1.165, 1.54) is 4.90 Å². The Morgan fingerprint density at radius 2 is 2.33 bits per heavy atom. The summed E-state index contributed by atoms with van der Waals surface area (Å²) in [5.41, 5.74) is 0.664. The highest BCUT2D eigenvalue weighted by molar-refractivity contribution is 7.80. The fraction of sp³-hybridized carbons (Fsp3) is 0.417. The van der Waals surface area contributed by atoms with Crippen LogP contribution in [0.3, 0.4) is 0 Å². The Hall–Kier alpha value is -1.04. The van der Waals surface area contributed by atoms with Crippen molar-refractivity contribution in [3.05, 3.63) is 23.3 Å². The number of amides is 1. The topological polar surface area (TPSA) is 41.9 Å². The Morgan fingerprint density at radius 1 is 1.56 bits per heavy atom. The third-order valence-electron chi connectivity index (χ3n) is 2.78. The quantitative estimate of drug-likeness (QED) is 0.585. The SMILES string of the molecule is COCCCN1C(=O)C2C=C(Cl)C=CC2=NC1=S. The van der Waals surface area contributed by atoms with Crippen molar-refractivity contribution in [3.63, 3.8) is 0 Å². The van der Waals surface area contributed by atoms with Crippen LogP contribution in [-0.4, -0.2) is 41.9 Å². The van der Waals surface area contributed by atoms with E-state index in [2.05, 4.69) is 4.99 Å². The van der Waals surface area contributed by atoms with Gasteiger partial charge in [0.25, 0.3) is 0 Å². The van der Waals surface area contributed by atoms with E-state index in [0.717, 1.165) is 6.42 Å². The molecule has 96 valence electrons. The highest BCUT2D eigenvalue weighted by Gasteiger charge is 2.34. The van der Waals surface area contributed by atoms with E-state index in [1.54, 1.807) is 25.3 Å². The van der Waals surface area contributed by atoms with Crippen LogP contribution in [-0.2, 0) is 9.53 Å². The molecular formula is C12H13ClN2O2S. The number of methoxy groups -OCH3 is 1. The van der Waals surface area contributed by atoms with Crippen LogP contribution in [0.25, 0.3) is 0 Å². The molecule has 0 aromatic heterocycles. The molecule has 1 atom stereocenters. The highest BCUT2D eigenvalue weighted by atomic mass is 35.5. The molecule has 1 amide bonds. The van der Waals surface area contributed by atoms with Gasteiger partial charge in [0.15, 0.2) is 0 Å². The highest BCUT2D eigenvalue weighted by Crippen LogP contribution is 2.24. The molecule has 0 aromatic rings. The molecule has 0 radical (unpaired) electrons. The maximum Gasteiger partial charge on any atom is 0.241 e. The van der Waals surface area contributed by atoms with Crippen molar-refractivity contribution < 1.29 is 9.53 Å². The van der Waals surface area contributed by atoms with Crippen molar-refractivity contribution in [1.29, 1.82) is 0 Å². The second kappa shape index (κ2) is 5.73. The van der Waals surface area contributed by atoms with Gasteiger partial charge in [0.05, 0.1) is 5.71 Å². The predicted molar refractivity (Wildman–Crippen MR) is 74.8 cm³/mol. The van der Waals surface area contributed by atoms with Crippen molar-refractivity contribution in [2.75, 3.05) is 20.3 Å². The van der Waals surface area contributed by atoms with Gasteiger partial charge < -0.3 is 4.74 Å². The zero-order chi connectivity index (χ0) is 13.1. The number of thiocarbonyl (C=S) groups is 1. The number of fused-ring (bicyclic) bond motifs is 1. The maximum atomic E-state index is 12.3. The van der Waals surface area contributed by atoms with E-state index >= 15 is 0 Å². The van der Waals surface area contributed by atoms with Gasteiger partial charge in [-0.3, -0.25) is 9.69 Å². The average molecular weight is 285 g/mol. The van der Waals surface area contributed by atoms with E-state index in [4.69, 9.17) is 28.6 Å². The number of hydrogen-bond donors (Lipinski definition) is 0. The number of halogens is 1. The Kier molecular flexibility index (Phi) is 4.27. The van der Waals surface area contributed by atoms with E-state index in [1.807, 2.05) is 0 Å². The third-order valence-corrected chi connectivity index (χ3v) is 3.34. The molecule has 0 saturated heterocycles. The molecule has 4 nitrogen and oxygen atoms in total. The normalized spacial score (nSPS) is 22.8. The van der Waals surface area contributed by atoms with Gasteiger partial charge in [-0.05, 0) is 36.9 Å². The lowest BCUT2D eigenvalue weighted by Crippen LogP contribution is -2.46. The first-order valence-electron chi connectivity index (χ1n) is 5.61. The summed E-state index contributed by atoms with van der Waals surface area (Å²) in [5, 5.41) is 0.871. The second-order valence-electron chi connectivity index (χ2n) is 4.02. The van der Waals surface area contributed by atoms with Crippen molar-refractivity contribution in [3.8, 4) is 0 Å². The number of rotatable bonds is 4. The Morgan fingerprint density at radius 3 is 3.06 bits per heavy atom. The van der Waals surface area contributed by atoms with E-state index in [-0.39, 0.29) is 5.91 Å². The van der Waals surface area contributed by atoms with Gasteiger partial charge in [0.2, 0.25) is 11.0 Å². The summed E-state index contributed by atoms with van der Waals surface area (Å²) >= 11 is 11.0. The summed E-state index contributed by atoms with van der Waals surface area (Å²) in [6.07, 6.45) is 5.89. The van der Waals surface area contributed by atoms with Crippen LogP contribution in [0.2, 0.25) is 0 Å². The molecule has 0 fully saturated rings. The first-order valence-corrected chi connectivity index (χ1v) is 6.40. The molecule has 0 N–H and O–H groups in total. The van der Waals surface area contributed by atoms with Crippen molar-refractivity contribution in [2.45, 2.75) is 6.42 Å². The molecule has 0 aromatic carbocycles. The van der Waals surface area contributed by atoms with E-state index in [9.17, 15) is 4.79 Å². The molecular weight excluding hydrogens is 272 g/mol. The van der Waals surface area contributed by atoms with E-state index < -0.39 is 5.92 Å². The van der Waals surface area contributed by atoms with Gasteiger partial charge in [-0.2, -0.15) is 0 Å². The van der Waals surface area contributed by atoms with Crippen LogP contribution in [0.1, 0.15) is 6.42 Å².